The Morgan fingerprint density at radius 1 is 1.24 bits per heavy atom. The minimum Gasteiger partial charge on any atom is -0.481 e. The van der Waals surface area contributed by atoms with Crippen LogP contribution in [0, 0.1) is 0 Å². The number of carbonyl (C=O) groups is 3. The van der Waals surface area contributed by atoms with Crippen LogP contribution in [0.5, 0.6) is 0 Å². The highest BCUT2D eigenvalue weighted by Gasteiger charge is 2.10. The van der Waals surface area contributed by atoms with E-state index in [1.54, 1.807) is 18.2 Å². The topological polar surface area (TPSA) is 132 Å². The summed E-state index contributed by atoms with van der Waals surface area (Å²) in [4.78, 5) is 38.3. The van der Waals surface area contributed by atoms with E-state index in [2.05, 4.69) is 26.3 Å². The molecule has 134 valence electrons. The van der Waals surface area contributed by atoms with Crippen LogP contribution >= 0.6 is 0 Å². The Balaban J connectivity index is 1.82. The van der Waals surface area contributed by atoms with Crippen molar-refractivity contribution in [1.82, 2.24) is 16.0 Å². The Morgan fingerprint density at radius 3 is 2.80 bits per heavy atom. The minimum absolute atomic E-state index is 0.0263. The summed E-state index contributed by atoms with van der Waals surface area (Å²) < 4.78 is 0. The van der Waals surface area contributed by atoms with Gasteiger partial charge >= 0.3 is 5.97 Å². The molecular weight excluding hydrogens is 326 g/mol. The maximum atomic E-state index is 12.1. The third-order valence-corrected chi connectivity index (χ3v) is 3.36. The molecule has 2 amide bonds. The third kappa shape index (κ3) is 6.50. The van der Waals surface area contributed by atoms with E-state index >= 15 is 0 Å². The smallest absolute Gasteiger partial charge is 0.305 e. The molecule has 2 rings (SSSR count). The van der Waals surface area contributed by atoms with E-state index in [0.29, 0.717) is 17.2 Å². The number of nitrogens with zero attached hydrogens (tertiary/aromatic N) is 1. The first kappa shape index (κ1) is 18.2. The van der Waals surface area contributed by atoms with E-state index < -0.39 is 17.8 Å². The first-order chi connectivity index (χ1) is 12.0. The summed E-state index contributed by atoms with van der Waals surface area (Å²) in [6.07, 6.45) is 0.827. The van der Waals surface area contributed by atoms with Crippen LogP contribution in [0.2, 0.25) is 0 Å². The van der Waals surface area contributed by atoms with Crippen LogP contribution in [0.25, 0.3) is 0 Å². The lowest BCUT2D eigenvalue weighted by molar-refractivity contribution is -0.136. The van der Waals surface area contributed by atoms with Crippen molar-refractivity contribution >= 4 is 29.4 Å². The molecule has 25 heavy (non-hydrogen) atoms. The molecule has 9 heteroatoms. The van der Waals surface area contributed by atoms with Gasteiger partial charge in [-0.15, -0.1) is 0 Å². The number of aliphatic imine (C=N–C) groups is 1. The fourth-order valence-electron chi connectivity index (χ4n) is 2.13. The molecule has 9 nitrogen and oxygen atoms in total. The fraction of sp³-hybridized carbons (Fsp3) is 0.375. The van der Waals surface area contributed by atoms with Crippen molar-refractivity contribution in [3.05, 3.63) is 29.8 Å². The number of amides is 2. The Labute approximate surface area is 144 Å². The second kappa shape index (κ2) is 9.26. The molecule has 0 unspecified atom stereocenters. The Hall–Kier alpha value is -3.10. The quantitative estimate of drug-likeness (QED) is 0.463. The molecule has 0 bridgehead atoms. The van der Waals surface area contributed by atoms with Gasteiger partial charge in [-0.25, -0.2) is 0 Å². The second-order valence-corrected chi connectivity index (χ2v) is 5.39. The average Bonchev–Trinajstić information content (AvgIpc) is 2.60. The number of benzene rings is 1. The maximum absolute atomic E-state index is 12.1. The standard InChI is InChI=1S/C16H21N5O4/c22-13(17-8-5-14(23)24)10-20-15(25)11-3-1-4-12(9-11)21-16-18-6-2-7-19-16/h1,3-4,9H,2,5-8,10H2,(H,17,22)(H,20,25)(H,23,24)(H2,18,19,21). The summed E-state index contributed by atoms with van der Waals surface area (Å²) in [5, 5.41) is 19.6. The van der Waals surface area contributed by atoms with Crippen molar-refractivity contribution in [3.8, 4) is 0 Å². The molecule has 1 heterocycles. The number of hydrogen-bond donors (Lipinski definition) is 5. The fourth-order valence-corrected chi connectivity index (χ4v) is 2.13. The molecule has 0 aromatic heterocycles. The van der Waals surface area contributed by atoms with Gasteiger partial charge in [-0.1, -0.05) is 6.07 Å². The minimum atomic E-state index is -0.995. The molecule has 1 aromatic carbocycles. The van der Waals surface area contributed by atoms with Gasteiger partial charge in [-0.2, -0.15) is 0 Å². The van der Waals surface area contributed by atoms with Gasteiger partial charge in [-0.3, -0.25) is 19.4 Å². The number of anilines is 1. The largest absolute Gasteiger partial charge is 0.481 e. The lowest BCUT2D eigenvalue weighted by Gasteiger charge is -2.16. The normalized spacial score (nSPS) is 13.2. The van der Waals surface area contributed by atoms with Crippen LogP contribution in [0.15, 0.2) is 29.3 Å². The SMILES string of the molecule is O=C(O)CCNC(=O)CNC(=O)c1cccc(NC2=NCCCN2)c1. The van der Waals surface area contributed by atoms with Crippen molar-refractivity contribution in [2.45, 2.75) is 12.8 Å². The van der Waals surface area contributed by atoms with Gasteiger partial charge in [0.15, 0.2) is 5.96 Å². The molecule has 0 spiro atoms. The summed E-state index contributed by atoms with van der Waals surface area (Å²) >= 11 is 0. The Bertz CT molecular complexity index is 674. The second-order valence-electron chi connectivity index (χ2n) is 5.39. The molecule has 1 aromatic rings. The molecule has 0 atom stereocenters. The van der Waals surface area contributed by atoms with Crippen LogP contribution in [-0.2, 0) is 9.59 Å². The van der Waals surface area contributed by atoms with Crippen LogP contribution < -0.4 is 21.3 Å². The number of aliphatic carboxylic acids is 1. The molecule has 1 aliphatic rings. The van der Waals surface area contributed by atoms with Gasteiger partial charge in [0.1, 0.15) is 0 Å². The van der Waals surface area contributed by atoms with Gasteiger partial charge in [0, 0.05) is 30.9 Å². The number of nitrogens with one attached hydrogen (secondary N) is 4. The molecule has 0 saturated carbocycles. The molecule has 0 fully saturated rings. The highest BCUT2D eigenvalue weighted by Crippen LogP contribution is 2.11. The molecule has 5 N–H and O–H groups in total. The number of carbonyl (C=O) groups excluding carboxylic acids is 2. The van der Waals surface area contributed by atoms with E-state index in [1.165, 1.54) is 0 Å². The number of carboxylic acid groups (broad SMARTS) is 1. The summed E-state index contributed by atoms with van der Waals surface area (Å²) in [6.45, 7) is 1.42. The van der Waals surface area contributed by atoms with Crippen LogP contribution in [0.4, 0.5) is 5.69 Å². The number of rotatable bonds is 7. The van der Waals surface area contributed by atoms with Crippen molar-refractivity contribution in [3.63, 3.8) is 0 Å². The Morgan fingerprint density at radius 2 is 2.08 bits per heavy atom. The average molecular weight is 347 g/mol. The lowest BCUT2D eigenvalue weighted by atomic mass is 10.2. The van der Waals surface area contributed by atoms with Gasteiger partial charge in [0.05, 0.1) is 13.0 Å². The summed E-state index contributed by atoms with van der Waals surface area (Å²) in [7, 11) is 0. The monoisotopic (exact) mass is 347 g/mol. The van der Waals surface area contributed by atoms with Crippen molar-refractivity contribution in [1.29, 1.82) is 0 Å². The van der Waals surface area contributed by atoms with Crippen LogP contribution in [-0.4, -0.2) is 55.0 Å². The van der Waals surface area contributed by atoms with Gasteiger partial charge in [0.2, 0.25) is 5.91 Å². The maximum Gasteiger partial charge on any atom is 0.305 e. The zero-order valence-electron chi connectivity index (χ0n) is 13.7. The molecule has 1 aliphatic heterocycles. The summed E-state index contributed by atoms with van der Waals surface area (Å²) in [5.41, 5.74) is 1.12. The predicted molar refractivity (Wildman–Crippen MR) is 92.6 cm³/mol. The zero-order valence-corrected chi connectivity index (χ0v) is 13.7. The molecule has 0 saturated heterocycles. The highest BCUT2D eigenvalue weighted by atomic mass is 16.4. The van der Waals surface area contributed by atoms with E-state index in [9.17, 15) is 14.4 Å². The van der Waals surface area contributed by atoms with Crippen molar-refractivity contribution < 1.29 is 19.5 Å². The molecule has 0 aliphatic carbocycles. The van der Waals surface area contributed by atoms with E-state index in [4.69, 9.17) is 5.11 Å². The number of carboxylic acids is 1. The van der Waals surface area contributed by atoms with Gasteiger partial charge in [-0.05, 0) is 24.6 Å². The number of guanidine groups is 1. The van der Waals surface area contributed by atoms with Crippen LogP contribution in [0.1, 0.15) is 23.2 Å². The summed E-state index contributed by atoms with van der Waals surface area (Å²) in [5.74, 6) is -1.16. The van der Waals surface area contributed by atoms with Crippen molar-refractivity contribution in [2.75, 3.05) is 31.5 Å². The first-order valence-electron chi connectivity index (χ1n) is 7.96. The van der Waals surface area contributed by atoms with E-state index in [0.717, 1.165) is 19.5 Å². The lowest BCUT2D eigenvalue weighted by Crippen LogP contribution is -2.37. The third-order valence-electron chi connectivity index (χ3n) is 3.36. The van der Waals surface area contributed by atoms with Crippen molar-refractivity contribution in [2.24, 2.45) is 4.99 Å². The zero-order chi connectivity index (χ0) is 18.1. The van der Waals surface area contributed by atoms with Gasteiger partial charge < -0.3 is 26.4 Å². The van der Waals surface area contributed by atoms with Crippen LogP contribution in [0.3, 0.4) is 0 Å². The molecule has 0 radical (unpaired) electrons. The van der Waals surface area contributed by atoms with E-state index in [-0.39, 0.29) is 19.5 Å². The predicted octanol–water partition coefficient (Wildman–Crippen LogP) is -0.231. The Kier molecular flexibility index (Phi) is 6.76. The summed E-state index contributed by atoms with van der Waals surface area (Å²) in [6, 6.07) is 6.84. The first-order valence-corrected chi connectivity index (χ1v) is 7.96. The van der Waals surface area contributed by atoms with Gasteiger partial charge in [0.25, 0.3) is 5.91 Å². The molecular formula is C16H21N5O4. The van der Waals surface area contributed by atoms with E-state index in [1.807, 2.05) is 6.07 Å². The number of hydrogen-bond acceptors (Lipinski definition) is 6. The highest BCUT2D eigenvalue weighted by molar-refractivity contribution is 5.99.